The smallest absolute Gasteiger partial charge is 0.480 e. The van der Waals surface area contributed by atoms with Gasteiger partial charge in [-0.3, -0.25) is 9.59 Å². The number of carboxylic acid groups (broad SMARTS) is 1. The average Bonchev–Trinajstić information content (AvgIpc) is 2.78. The van der Waals surface area contributed by atoms with E-state index < -0.39 is 42.1 Å². The maximum Gasteiger partial charge on any atom is 0.513 e. The lowest BCUT2D eigenvalue weighted by Gasteiger charge is -2.28. The number of esters is 1. The highest BCUT2D eigenvalue weighted by atomic mass is 16.7. The zero-order valence-corrected chi connectivity index (χ0v) is 19.4. The highest BCUT2D eigenvalue weighted by Crippen LogP contribution is 2.36. The topological polar surface area (TPSA) is 161 Å². The van der Waals surface area contributed by atoms with Gasteiger partial charge < -0.3 is 34.5 Å². The molecule has 0 spiro atoms. The maximum atomic E-state index is 12.1. The molecule has 184 valence electrons. The number of carbonyl (C=O) groups excluding carboxylic acids is 3. The van der Waals surface area contributed by atoms with Crippen molar-refractivity contribution in [1.82, 2.24) is 0 Å². The summed E-state index contributed by atoms with van der Waals surface area (Å²) in [4.78, 5) is 46.9. The molecule has 33 heavy (non-hydrogen) atoms. The van der Waals surface area contributed by atoms with Gasteiger partial charge in [-0.15, -0.1) is 0 Å². The van der Waals surface area contributed by atoms with Crippen LogP contribution >= 0.6 is 0 Å². The quantitative estimate of drug-likeness (QED) is 0.278. The van der Waals surface area contributed by atoms with Crippen LogP contribution in [0.4, 0.5) is 9.59 Å². The molecular formula is C22H31NO10. The predicted octanol–water partition coefficient (Wildman–Crippen LogP) is 3.09. The molecule has 0 bridgehead atoms. The zero-order valence-electron chi connectivity index (χ0n) is 19.4. The van der Waals surface area contributed by atoms with Gasteiger partial charge in [0, 0.05) is 12.3 Å². The Morgan fingerprint density at radius 1 is 1.00 bits per heavy atom. The van der Waals surface area contributed by atoms with Crippen molar-refractivity contribution >= 4 is 24.2 Å². The van der Waals surface area contributed by atoms with Gasteiger partial charge in [-0.05, 0) is 29.5 Å². The Morgan fingerprint density at radius 2 is 1.58 bits per heavy atom. The van der Waals surface area contributed by atoms with Crippen LogP contribution in [0, 0.1) is 11.8 Å². The lowest BCUT2D eigenvalue weighted by atomic mass is 9.82. The van der Waals surface area contributed by atoms with Crippen LogP contribution in [0.25, 0.3) is 0 Å². The van der Waals surface area contributed by atoms with Crippen LogP contribution in [-0.2, 0) is 23.8 Å². The lowest BCUT2D eigenvalue weighted by molar-refractivity contribution is -0.146. The van der Waals surface area contributed by atoms with E-state index in [0.29, 0.717) is 5.56 Å². The van der Waals surface area contributed by atoms with E-state index in [1.165, 1.54) is 18.2 Å². The monoisotopic (exact) mass is 469 g/mol. The van der Waals surface area contributed by atoms with E-state index >= 15 is 0 Å². The molecule has 0 aliphatic carbocycles. The van der Waals surface area contributed by atoms with Gasteiger partial charge in [0.25, 0.3) is 0 Å². The molecule has 3 unspecified atom stereocenters. The van der Waals surface area contributed by atoms with Crippen LogP contribution in [-0.4, -0.2) is 56.2 Å². The average molecular weight is 469 g/mol. The normalized spacial score (nSPS) is 14.2. The first-order valence-corrected chi connectivity index (χ1v) is 10.3. The van der Waals surface area contributed by atoms with Crippen molar-refractivity contribution in [3.63, 3.8) is 0 Å². The number of carbonyl (C=O) groups is 4. The van der Waals surface area contributed by atoms with Gasteiger partial charge in [0.15, 0.2) is 11.5 Å². The Labute approximate surface area is 192 Å². The molecular weight excluding hydrogens is 438 g/mol. The number of methoxy groups -OCH3 is 2. The summed E-state index contributed by atoms with van der Waals surface area (Å²) in [7, 11) is 2.19. The van der Waals surface area contributed by atoms with Crippen molar-refractivity contribution in [2.75, 3.05) is 20.8 Å². The Balaban J connectivity index is 3.25. The Hall–Kier alpha value is -3.34. The SMILES string of the molecule is CCC(C)CC(=O)OCC(C)C(c1ccc(OC(=O)OC)c(OC(=O)OC)c1)[C@H](N)C(=O)O. The van der Waals surface area contributed by atoms with Gasteiger partial charge in [0.1, 0.15) is 6.04 Å². The summed E-state index contributed by atoms with van der Waals surface area (Å²) in [6, 6.07) is 2.70. The molecule has 0 saturated heterocycles. The predicted molar refractivity (Wildman–Crippen MR) is 115 cm³/mol. The third kappa shape index (κ3) is 8.60. The van der Waals surface area contributed by atoms with Crippen molar-refractivity contribution in [2.24, 2.45) is 17.6 Å². The van der Waals surface area contributed by atoms with Crippen molar-refractivity contribution in [3.8, 4) is 11.5 Å². The molecule has 0 amide bonds. The number of nitrogens with two attached hydrogens (primary N) is 1. The minimum Gasteiger partial charge on any atom is -0.480 e. The zero-order chi connectivity index (χ0) is 25.1. The molecule has 11 nitrogen and oxygen atoms in total. The van der Waals surface area contributed by atoms with Crippen molar-refractivity contribution in [3.05, 3.63) is 23.8 Å². The number of hydrogen-bond donors (Lipinski definition) is 2. The molecule has 0 aliphatic heterocycles. The minimum absolute atomic E-state index is 0.0749. The highest BCUT2D eigenvalue weighted by molar-refractivity contribution is 5.75. The van der Waals surface area contributed by atoms with E-state index in [1.54, 1.807) is 6.92 Å². The minimum atomic E-state index is -1.37. The van der Waals surface area contributed by atoms with Gasteiger partial charge in [-0.2, -0.15) is 0 Å². The van der Waals surface area contributed by atoms with Gasteiger partial charge >= 0.3 is 24.2 Å². The number of hydrogen-bond acceptors (Lipinski definition) is 10. The molecule has 0 fully saturated rings. The summed E-state index contributed by atoms with van der Waals surface area (Å²) in [5, 5.41) is 9.53. The first-order chi connectivity index (χ1) is 15.5. The fraction of sp³-hybridized carbons (Fsp3) is 0.545. The second-order valence-electron chi connectivity index (χ2n) is 7.59. The van der Waals surface area contributed by atoms with E-state index in [2.05, 4.69) is 9.47 Å². The molecule has 0 heterocycles. The first-order valence-electron chi connectivity index (χ1n) is 10.3. The number of rotatable bonds is 11. The summed E-state index contributed by atoms with van der Waals surface area (Å²) in [5.41, 5.74) is 6.30. The Bertz CT molecular complexity index is 840. The molecule has 3 N–H and O–H groups in total. The van der Waals surface area contributed by atoms with E-state index in [9.17, 15) is 24.3 Å². The summed E-state index contributed by atoms with van der Waals surface area (Å²) >= 11 is 0. The van der Waals surface area contributed by atoms with Crippen molar-refractivity contribution < 1.29 is 48.0 Å². The standard InChI is InChI=1S/C22H31NO10/c1-6-12(2)9-17(24)31-11-13(3)18(19(23)20(25)26)14-7-8-15(32-21(27)29-4)16(10-14)33-22(28)30-5/h7-8,10,12-13,18-19H,6,9,11,23H2,1-5H3,(H,25,26)/t12?,13?,18?,19-/m0/s1. The summed E-state index contributed by atoms with van der Waals surface area (Å²) in [5.74, 6) is -3.25. The fourth-order valence-corrected chi connectivity index (χ4v) is 3.02. The Morgan fingerprint density at radius 3 is 2.09 bits per heavy atom. The summed E-state index contributed by atoms with van der Waals surface area (Å²) < 4.78 is 24.2. The molecule has 1 aromatic rings. The van der Waals surface area contributed by atoms with E-state index in [4.69, 9.17) is 19.9 Å². The molecule has 1 aromatic carbocycles. The molecule has 0 radical (unpaired) electrons. The fourth-order valence-electron chi connectivity index (χ4n) is 3.02. The van der Waals surface area contributed by atoms with Gasteiger partial charge in [0.2, 0.25) is 0 Å². The van der Waals surface area contributed by atoms with Crippen LogP contribution in [0.3, 0.4) is 0 Å². The Kier molecular flexibility index (Phi) is 11.1. The molecule has 1 rings (SSSR count). The summed E-state index contributed by atoms with van der Waals surface area (Å²) in [6.45, 7) is 5.50. The van der Waals surface area contributed by atoms with Crippen LogP contribution in [0.1, 0.15) is 45.1 Å². The number of carboxylic acids is 1. The molecule has 0 saturated carbocycles. The molecule has 11 heteroatoms. The third-order valence-electron chi connectivity index (χ3n) is 5.08. The largest absolute Gasteiger partial charge is 0.513 e. The lowest BCUT2D eigenvalue weighted by Crippen LogP contribution is -2.40. The van der Waals surface area contributed by atoms with Crippen molar-refractivity contribution in [1.29, 1.82) is 0 Å². The van der Waals surface area contributed by atoms with Gasteiger partial charge in [0.05, 0.1) is 20.8 Å². The molecule has 0 aliphatic rings. The first kappa shape index (κ1) is 27.7. The molecule has 0 aromatic heterocycles. The highest BCUT2D eigenvalue weighted by Gasteiger charge is 2.33. The van der Waals surface area contributed by atoms with Crippen LogP contribution in [0.5, 0.6) is 11.5 Å². The van der Waals surface area contributed by atoms with Crippen LogP contribution < -0.4 is 15.2 Å². The maximum absolute atomic E-state index is 12.1. The van der Waals surface area contributed by atoms with Gasteiger partial charge in [-0.1, -0.05) is 33.3 Å². The van der Waals surface area contributed by atoms with E-state index in [1.807, 2.05) is 13.8 Å². The van der Waals surface area contributed by atoms with E-state index in [0.717, 1.165) is 20.6 Å². The third-order valence-corrected chi connectivity index (χ3v) is 5.08. The van der Waals surface area contributed by atoms with Gasteiger partial charge in [-0.25, -0.2) is 9.59 Å². The summed E-state index contributed by atoms with van der Waals surface area (Å²) in [6.07, 6.45) is -1.08. The van der Waals surface area contributed by atoms with Crippen molar-refractivity contribution in [2.45, 2.75) is 45.6 Å². The van der Waals surface area contributed by atoms with E-state index in [-0.39, 0.29) is 30.4 Å². The second kappa shape index (κ2) is 13.3. The second-order valence-corrected chi connectivity index (χ2v) is 7.59. The van der Waals surface area contributed by atoms with Crippen LogP contribution in [0.2, 0.25) is 0 Å². The number of aliphatic carboxylic acids is 1. The van der Waals surface area contributed by atoms with Crippen LogP contribution in [0.15, 0.2) is 18.2 Å². The number of benzene rings is 1. The number of ether oxygens (including phenoxy) is 5. The molecule has 4 atom stereocenters.